The van der Waals surface area contributed by atoms with Crippen molar-refractivity contribution in [2.24, 2.45) is 0 Å². The first-order chi connectivity index (χ1) is 8.25. The highest BCUT2D eigenvalue weighted by Crippen LogP contribution is 2.01. The molecular formula is C13H19N3O. The van der Waals surface area contributed by atoms with Crippen molar-refractivity contribution in [2.75, 3.05) is 33.2 Å². The van der Waals surface area contributed by atoms with Crippen LogP contribution >= 0.6 is 0 Å². The second-order valence-electron chi connectivity index (χ2n) is 4.43. The molecule has 1 saturated heterocycles. The smallest absolute Gasteiger partial charge is 0.317 e. The van der Waals surface area contributed by atoms with E-state index in [9.17, 15) is 4.79 Å². The SMILES string of the molecule is CN1CCN(C(=O)NCc2ccccc2)CC1. The van der Waals surface area contributed by atoms with Crippen LogP contribution in [0.1, 0.15) is 5.56 Å². The summed E-state index contributed by atoms with van der Waals surface area (Å²) in [5.74, 6) is 0. The number of likely N-dealkylation sites (N-methyl/N-ethyl adjacent to an activating group) is 1. The summed E-state index contributed by atoms with van der Waals surface area (Å²) >= 11 is 0. The Morgan fingerprint density at radius 3 is 2.47 bits per heavy atom. The van der Waals surface area contributed by atoms with Gasteiger partial charge in [0.05, 0.1) is 0 Å². The van der Waals surface area contributed by atoms with Crippen molar-refractivity contribution in [3.8, 4) is 0 Å². The number of piperazine rings is 1. The molecule has 0 aromatic heterocycles. The molecule has 0 bridgehead atoms. The highest BCUT2D eigenvalue weighted by Gasteiger charge is 2.18. The molecule has 1 aromatic carbocycles. The molecule has 2 rings (SSSR count). The van der Waals surface area contributed by atoms with Gasteiger partial charge in [0, 0.05) is 32.7 Å². The first kappa shape index (κ1) is 11.9. The Bertz CT molecular complexity index is 358. The number of nitrogens with zero attached hydrogens (tertiary/aromatic N) is 2. The first-order valence-electron chi connectivity index (χ1n) is 6.01. The molecule has 1 aliphatic heterocycles. The Hall–Kier alpha value is -1.55. The highest BCUT2D eigenvalue weighted by atomic mass is 16.2. The van der Waals surface area contributed by atoms with E-state index in [1.807, 2.05) is 35.2 Å². The van der Waals surface area contributed by atoms with Crippen LogP contribution in [0.25, 0.3) is 0 Å². The minimum absolute atomic E-state index is 0.0435. The van der Waals surface area contributed by atoms with Gasteiger partial charge in [-0.25, -0.2) is 4.79 Å². The zero-order chi connectivity index (χ0) is 12.1. The monoisotopic (exact) mass is 233 g/mol. The zero-order valence-corrected chi connectivity index (χ0v) is 10.2. The first-order valence-corrected chi connectivity index (χ1v) is 6.01. The molecule has 1 heterocycles. The van der Waals surface area contributed by atoms with Crippen molar-refractivity contribution in [1.82, 2.24) is 15.1 Å². The summed E-state index contributed by atoms with van der Waals surface area (Å²) < 4.78 is 0. The number of hydrogen-bond donors (Lipinski definition) is 1. The minimum Gasteiger partial charge on any atom is -0.334 e. The molecule has 1 N–H and O–H groups in total. The Labute approximate surface area is 102 Å². The van der Waals surface area contributed by atoms with E-state index in [2.05, 4.69) is 17.3 Å². The van der Waals surface area contributed by atoms with Gasteiger partial charge in [-0.05, 0) is 12.6 Å². The van der Waals surface area contributed by atoms with Crippen LogP contribution in [-0.2, 0) is 6.54 Å². The lowest BCUT2D eigenvalue weighted by molar-refractivity contribution is 0.154. The van der Waals surface area contributed by atoms with Crippen molar-refractivity contribution in [3.05, 3.63) is 35.9 Å². The molecule has 17 heavy (non-hydrogen) atoms. The van der Waals surface area contributed by atoms with Crippen molar-refractivity contribution >= 4 is 6.03 Å². The lowest BCUT2D eigenvalue weighted by Crippen LogP contribution is -2.50. The van der Waals surface area contributed by atoms with Crippen molar-refractivity contribution in [2.45, 2.75) is 6.54 Å². The van der Waals surface area contributed by atoms with Crippen molar-refractivity contribution in [1.29, 1.82) is 0 Å². The van der Waals surface area contributed by atoms with Gasteiger partial charge in [0.2, 0.25) is 0 Å². The molecule has 1 aromatic rings. The van der Waals surface area contributed by atoms with Gasteiger partial charge >= 0.3 is 6.03 Å². The Balaban J connectivity index is 1.78. The summed E-state index contributed by atoms with van der Waals surface area (Å²) in [5, 5.41) is 2.95. The quantitative estimate of drug-likeness (QED) is 0.831. The molecule has 2 amide bonds. The molecule has 0 spiro atoms. The lowest BCUT2D eigenvalue weighted by Gasteiger charge is -2.32. The molecule has 0 saturated carbocycles. The van der Waals surface area contributed by atoms with E-state index in [1.54, 1.807) is 0 Å². The summed E-state index contributed by atoms with van der Waals surface area (Å²) in [5.41, 5.74) is 1.13. The highest BCUT2D eigenvalue weighted by molar-refractivity contribution is 5.74. The Morgan fingerprint density at radius 1 is 1.18 bits per heavy atom. The van der Waals surface area contributed by atoms with E-state index in [4.69, 9.17) is 0 Å². The van der Waals surface area contributed by atoms with Crippen LogP contribution in [0.3, 0.4) is 0 Å². The van der Waals surface area contributed by atoms with Crippen molar-refractivity contribution in [3.63, 3.8) is 0 Å². The van der Waals surface area contributed by atoms with Gasteiger partial charge < -0.3 is 15.1 Å². The predicted octanol–water partition coefficient (Wildman–Crippen LogP) is 1.14. The van der Waals surface area contributed by atoms with Crippen LogP contribution in [-0.4, -0.2) is 49.1 Å². The zero-order valence-electron chi connectivity index (χ0n) is 10.2. The van der Waals surface area contributed by atoms with Gasteiger partial charge in [-0.3, -0.25) is 0 Å². The molecule has 1 fully saturated rings. The number of amides is 2. The molecule has 0 radical (unpaired) electrons. The number of urea groups is 1. The molecule has 1 aliphatic rings. The number of nitrogens with one attached hydrogen (secondary N) is 1. The fourth-order valence-corrected chi connectivity index (χ4v) is 1.89. The van der Waals surface area contributed by atoms with Crippen LogP contribution in [0, 0.1) is 0 Å². The largest absolute Gasteiger partial charge is 0.334 e. The minimum atomic E-state index is 0.0435. The average molecular weight is 233 g/mol. The average Bonchev–Trinajstić information content (AvgIpc) is 2.38. The second-order valence-corrected chi connectivity index (χ2v) is 4.43. The molecule has 0 unspecified atom stereocenters. The predicted molar refractivity (Wildman–Crippen MR) is 67.7 cm³/mol. The van der Waals surface area contributed by atoms with Gasteiger partial charge in [0.25, 0.3) is 0 Å². The number of hydrogen-bond acceptors (Lipinski definition) is 2. The second kappa shape index (κ2) is 5.68. The van der Waals surface area contributed by atoms with E-state index in [1.165, 1.54) is 0 Å². The van der Waals surface area contributed by atoms with E-state index < -0.39 is 0 Å². The fourth-order valence-electron chi connectivity index (χ4n) is 1.89. The molecule has 4 nitrogen and oxygen atoms in total. The number of rotatable bonds is 2. The standard InChI is InChI=1S/C13H19N3O/c1-15-7-9-16(10-8-15)13(17)14-11-12-5-3-2-4-6-12/h2-6H,7-11H2,1H3,(H,14,17). The molecule has 92 valence electrons. The summed E-state index contributed by atoms with van der Waals surface area (Å²) in [6, 6.07) is 10.0. The normalized spacial score (nSPS) is 16.9. The summed E-state index contributed by atoms with van der Waals surface area (Å²) in [6.07, 6.45) is 0. The van der Waals surface area contributed by atoms with E-state index in [-0.39, 0.29) is 6.03 Å². The van der Waals surface area contributed by atoms with E-state index >= 15 is 0 Å². The van der Waals surface area contributed by atoms with Crippen LogP contribution < -0.4 is 5.32 Å². The van der Waals surface area contributed by atoms with Crippen LogP contribution in [0.2, 0.25) is 0 Å². The van der Waals surface area contributed by atoms with Crippen molar-refractivity contribution < 1.29 is 4.79 Å². The maximum atomic E-state index is 11.9. The van der Waals surface area contributed by atoms with E-state index in [0.29, 0.717) is 6.54 Å². The molecule has 0 aliphatic carbocycles. The summed E-state index contributed by atoms with van der Waals surface area (Å²) in [6.45, 7) is 4.15. The topological polar surface area (TPSA) is 35.6 Å². The Morgan fingerprint density at radius 2 is 1.82 bits per heavy atom. The Kier molecular flexibility index (Phi) is 3.98. The third-order valence-electron chi connectivity index (χ3n) is 3.08. The molecule has 0 atom stereocenters. The third-order valence-corrected chi connectivity index (χ3v) is 3.08. The lowest BCUT2D eigenvalue weighted by atomic mass is 10.2. The van der Waals surface area contributed by atoms with E-state index in [0.717, 1.165) is 31.7 Å². The summed E-state index contributed by atoms with van der Waals surface area (Å²) in [4.78, 5) is 16.0. The number of carbonyl (C=O) groups excluding carboxylic acids is 1. The third kappa shape index (κ3) is 3.46. The van der Waals surface area contributed by atoms with Gasteiger partial charge in [-0.1, -0.05) is 30.3 Å². The molecular weight excluding hydrogens is 214 g/mol. The molecule has 4 heteroatoms. The maximum Gasteiger partial charge on any atom is 0.317 e. The van der Waals surface area contributed by atoms with Crippen LogP contribution in [0.5, 0.6) is 0 Å². The van der Waals surface area contributed by atoms with Gasteiger partial charge in [0.1, 0.15) is 0 Å². The van der Waals surface area contributed by atoms with Gasteiger partial charge in [0.15, 0.2) is 0 Å². The van der Waals surface area contributed by atoms with Gasteiger partial charge in [-0.15, -0.1) is 0 Å². The van der Waals surface area contributed by atoms with Crippen LogP contribution in [0.4, 0.5) is 4.79 Å². The number of benzene rings is 1. The fraction of sp³-hybridized carbons (Fsp3) is 0.462. The van der Waals surface area contributed by atoms with Gasteiger partial charge in [-0.2, -0.15) is 0 Å². The number of carbonyl (C=O) groups is 1. The maximum absolute atomic E-state index is 11.9. The van der Waals surface area contributed by atoms with Crippen LogP contribution in [0.15, 0.2) is 30.3 Å². The summed E-state index contributed by atoms with van der Waals surface area (Å²) in [7, 11) is 2.08.